The second-order valence-corrected chi connectivity index (χ2v) is 11.3. The fraction of sp³-hybridized carbons (Fsp3) is 0.417. The lowest BCUT2D eigenvalue weighted by atomic mass is 9.99. The summed E-state index contributed by atoms with van der Waals surface area (Å²) >= 11 is 6.31. The fourth-order valence-corrected chi connectivity index (χ4v) is 5.87. The van der Waals surface area contributed by atoms with E-state index in [1.165, 1.54) is 0 Å². The van der Waals surface area contributed by atoms with Crippen molar-refractivity contribution in [1.82, 2.24) is 19.5 Å². The lowest BCUT2D eigenvalue weighted by Gasteiger charge is -2.25. The molecule has 0 aromatic carbocycles. The van der Waals surface area contributed by atoms with Crippen molar-refractivity contribution < 1.29 is 59.0 Å². The van der Waals surface area contributed by atoms with Crippen LogP contribution >= 0.6 is 35.1 Å². The number of nitrogens with zero attached hydrogens (tertiary/aromatic N) is 3. The maximum atomic E-state index is 12.1. The van der Waals surface area contributed by atoms with Crippen LogP contribution < -0.4 is 11.3 Å². The zero-order valence-corrected chi connectivity index (χ0v) is 19.5. The zero-order valence-electron chi connectivity index (χ0n) is 18.0. The third-order valence-corrected chi connectivity index (χ3v) is 8.16. The number of hydrogen-bond acceptors (Lipinski definition) is 12. The van der Waals surface area contributed by atoms with Crippen molar-refractivity contribution in [2.24, 2.45) is 0 Å². The highest BCUT2D eigenvalue weighted by Gasteiger charge is 2.56. The van der Waals surface area contributed by atoms with Crippen molar-refractivity contribution in [3.8, 4) is 12.3 Å². The number of nitrogens with two attached hydrogens (primary N) is 1. The SMILES string of the molecule is [2H]C([2H])(OP(=O)(O)OP(=O)(O)OP(=O)(O)O)[C@H]1O[C@@H](n2cnc3c(=O)[nH]c(N)nc32)C(Cl)(C#C)[C@H]1O. The number of hydrogen-bond donors (Lipinski definition) is 7. The molecule has 0 aliphatic carbocycles. The van der Waals surface area contributed by atoms with Crippen LogP contribution in [0.3, 0.4) is 0 Å². The smallest absolute Gasteiger partial charge is 0.387 e. The normalized spacial score (nSPS) is 30.2. The molecule has 34 heavy (non-hydrogen) atoms. The average Bonchev–Trinajstić information content (AvgIpc) is 3.17. The van der Waals surface area contributed by atoms with Crippen LogP contribution in [-0.4, -0.2) is 67.8 Å². The first-order chi connectivity index (χ1) is 16.2. The van der Waals surface area contributed by atoms with Gasteiger partial charge < -0.3 is 35.2 Å². The molecule has 18 nitrogen and oxygen atoms in total. The zero-order chi connectivity index (χ0) is 27.5. The number of imidazole rings is 1. The van der Waals surface area contributed by atoms with Gasteiger partial charge in [0, 0.05) is 0 Å². The molecule has 1 aliphatic rings. The number of nitrogen functional groups attached to an aromatic ring is 1. The van der Waals surface area contributed by atoms with Crippen LogP contribution in [0.1, 0.15) is 8.97 Å². The number of aromatic amines is 1. The monoisotopic (exact) mass is 567 g/mol. The van der Waals surface area contributed by atoms with E-state index >= 15 is 0 Å². The van der Waals surface area contributed by atoms with Gasteiger partial charge in [0.2, 0.25) is 5.95 Å². The molecule has 2 aromatic heterocycles. The average molecular weight is 568 g/mol. The molecule has 2 aromatic rings. The van der Waals surface area contributed by atoms with E-state index in [9.17, 15) is 33.4 Å². The number of aromatic nitrogens is 4. The van der Waals surface area contributed by atoms with Gasteiger partial charge in [-0.15, -0.1) is 6.42 Å². The number of fused-ring (bicyclic) bond motifs is 1. The topological polar surface area (TPSA) is 279 Å². The van der Waals surface area contributed by atoms with E-state index < -0.39 is 58.9 Å². The molecule has 1 fully saturated rings. The molecular weight excluding hydrogens is 551 g/mol. The molecule has 3 heterocycles. The van der Waals surface area contributed by atoms with Crippen LogP contribution in [0.2, 0.25) is 0 Å². The number of halogens is 1. The van der Waals surface area contributed by atoms with Gasteiger partial charge in [-0.25, -0.2) is 18.7 Å². The summed E-state index contributed by atoms with van der Waals surface area (Å²) in [7, 11) is -17.7. The Kier molecular flexibility index (Phi) is 6.42. The maximum absolute atomic E-state index is 12.1. The predicted molar refractivity (Wildman–Crippen MR) is 110 cm³/mol. The third-order valence-electron chi connectivity index (χ3n) is 3.98. The van der Waals surface area contributed by atoms with E-state index in [0.717, 1.165) is 10.9 Å². The number of rotatable bonds is 8. The molecule has 0 spiro atoms. The van der Waals surface area contributed by atoms with Gasteiger partial charge in [0.25, 0.3) is 5.56 Å². The number of phosphoric acid groups is 3. The van der Waals surface area contributed by atoms with Gasteiger partial charge in [0.05, 0.1) is 15.6 Å². The second-order valence-electron chi connectivity index (χ2n) is 6.34. The Morgan fingerprint density at radius 3 is 2.59 bits per heavy atom. The number of aliphatic hydroxyl groups is 1. The highest BCUT2D eigenvalue weighted by Crippen LogP contribution is 2.66. The van der Waals surface area contributed by atoms with Crippen LogP contribution in [0.25, 0.3) is 11.2 Å². The number of alkyl halides is 1. The van der Waals surface area contributed by atoms with Crippen molar-refractivity contribution in [3.63, 3.8) is 0 Å². The summed E-state index contributed by atoms with van der Waals surface area (Å²) in [6, 6.07) is 0. The van der Waals surface area contributed by atoms with Crippen LogP contribution in [0.15, 0.2) is 11.1 Å². The van der Waals surface area contributed by atoms with E-state index in [1.54, 1.807) is 0 Å². The number of nitrogens with one attached hydrogen (secondary N) is 1. The van der Waals surface area contributed by atoms with E-state index in [4.69, 9.17) is 41.0 Å². The minimum atomic E-state index is -6.02. The molecule has 1 aliphatic heterocycles. The van der Waals surface area contributed by atoms with Crippen LogP contribution in [0.5, 0.6) is 0 Å². The molecule has 22 heteroatoms. The summed E-state index contributed by atoms with van der Waals surface area (Å²) in [5.74, 6) is 1.60. The third kappa shape index (κ3) is 5.59. The van der Waals surface area contributed by atoms with Gasteiger partial charge >= 0.3 is 23.5 Å². The minimum Gasteiger partial charge on any atom is -0.387 e. The largest absolute Gasteiger partial charge is 0.490 e. The van der Waals surface area contributed by atoms with E-state index in [0.29, 0.717) is 0 Å². The molecule has 6 atom stereocenters. The highest BCUT2D eigenvalue weighted by molar-refractivity contribution is 7.66. The van der Waals surface area contributed by atoms with Crippen LogP contribution in [0.4, 0.5) is 5.95 Å². The van der Waals surface area contributed by atoms with Crippen molar-refractivity contribution in [3.05, 3.63) is 16.7 Å². The van der Waals surface area contributed by atoms with Crippen molar-refractivity contribution in [1.29, 1.82) is 0 Å². The Labute approximate surface area is 195 Å². The Morgan fingerprint density at radius 1 is 1.35 bits per heavy atom. The molecule has 188 valence electrons. The van der Waals surface area contributed by atoms with Gasteiger partial charge in [-0.05, 0) is 0 Å². The van der Waals surface area contributed by atoms with E-state index in [-0.39, 0.29) is 17.1 Å². The Bertz CT molecular complexity index is 1440. The van der Waals surface area contributed by atoms with Gasteiger partial charge in [-0.2, -0.15) is 13.6 Å². The molecule has 0 saturated carbocycles. The van der Waals surface area contributed by atoms with Gasteiger partial charge in [0.1, 0.15) is 12.2 Å². The molecule has 0 bridgehead atoms. The quantitative estimate of drug-likeness (QED) is 0.113. The number of anilines is 1. The summed E-state index contributed by atoms with van der Waals surface area (Å²) in [6.45, 7) is -3.60. The van der Waals surface area contributed by atoms with Crippen molar-refractivity contribution in [2.45, 2.75) is 23.3 Å². The highest BCUT2D eigenvalue weighted by atomic mass is 35.5. The first-order valence-electron chi connectivity index (χ1n) is 9.28. The molecule has 1 saturated heterocycles. The van der Waals surface area contributed by atoms with Crippen LogP contribution in [-0.2, 0) is 31.6 Å². The molecule has 0 radical (unpaired) electrons. The summed E-state index contributed by atoms with van der Waals surface area (Å²) in [5, 5.41) is 10.7. The van der Waals surface area contributed by atoms with Crippen molar-refractivity contribution >= 4 is 52.2 Å². The molecule has 3 rings (SSSR count). The lowest BCUT2D eigenvalue weighted by Crippen LogP contribution is -2.41. The van der Waals surface area contributed by atoms with E-state index in [1.807, 2.05) is 5.92 Å². The number of aliphatic hydroxyl groups excluding tert-OH is 1. The van der Waals surface area contributed by atoms with E-state index in [2.05, 4.69) is 28.1 Å². The molecule has 0 amide bonds. The second kappa shape index (κ2) is 9.08. The Hall–Kier alpha value is -1.67. The molecule has 8 N–H and O–H groups in total. The minimum absolute atomic E-state index is 0.261. The summed E-state index contributed by atoms with van der Waals surface area (Å²) in [6.07, 6.45) is 0.0160. The summed E-state index contributed by atoms with van der Waals surface area (Å²) in [4.78, 5) is 55.5. The number of ether oxygens (including phenoxy) is 1. The maximum Gasteiger partial charge on any atom is 0.490 e. The summed E-state index contributed by atoms with van der Waals surface area (Å²) < 4.78 is 67.7. The molecular formula is C12H15ClN5O13P3. The Balaban J connectivity index is 1.95. The standard InChI is InChI=1S/C12H15ClN5O13P3/c1-2-12(13)7(19)5(3-28-33(24,25)31-34(26,27)30-32(21,22)23)29-10(12)18-4-15-6-8(18)16-11(14)17-9(6)20/h1,4-5,7,10,19H,3H2,(H,24,25)(H,26,27)(H2,21,22,23)(H3,14,16,17,20)/t5-,7+,10-,12?/m1/s1/i3D2. The van der Waals surface area contributed by atoms with Gasteiger partial charge in [-0.1, -0.05) is 17.5 Å². The van der Waals surface area contributed by atoms with Crippen molar-refractivity contribution in [2.75, 3.05) is 12.3 Å². The summed E-state index contributed by atoms with van der Waals surface area (Å²) in [5.41, 5.74) is 4.18. The first kappa shape index (κ1) is 24.0. The van der Waals surface area contributed by atoms with Crippen LogP contribution in [0, 0.1) is 12.3 Å². The predicted octanol–water partition coefficient (Wildman–Crippen LogP) is -1.09. The molecule has 3 unspecified atom stereocenters. The Morgan fingerprint density at radius 2 is 2.00 bits per heavy atom. The number of phosphoric ester groups is 1. The van der Waals surface area contributed by atoms with Gasteiger partial charge in [-0.3, -0.25) is 18.9 Å². The first-order valence-corrected chi connectivity index (χ1v) is 13.2. The number of terminal acetylenes is 1. The fourth-order valence-electron chi connectivity index (χ4n) is 2.73. The number of H-pyrrole nitrogens is 1. The van der Waals surface area contributed by atoms with Gasteiger partial charge in [0.15, 0.2) is 22.3 Å². The lowest BCUT2D eigenvalue weighted by molar-refractivity contribution is -0.0428.